The van der Waals surface area contributed by atoms with Gasteiger partial charge in [-0.25, -0.2) is 0 Å². The zero-order valence-corrected chi connectivity index (χ0v) is 7.39. The molecule has 1 aromatic rings. The summed E-state index contributed by atoms with van der Waals surface area (Å²) in [4.78, 5) is 4.41. The molecule has 0 aliphatic carbocycles. The number of aryl methyl sites for hydroxylation is 2. The molecule has 2 nitrogen and oxygen atoms in total. The van der Waals surface area contributed by atoms with Gasteiger partial charge in [-0.15, -0.1) is 0 Å². The Labute approximate surface area is 72.3 Å². The molecule has 0 aromatic carbocycles. The highest BCUT2D eigenvalue weighted by molar-refractivity contribution is 5.58. The van der Waals surface area contributed by atoms with Gasteiger partial charge in [-0.3, -0.25) is 4.98 Å². The summed E-state index contributed by atoms with van der Waals surface area (Å²) in [5, 5.41) is 3.19. The number of nitrogens with zero attached hydrogens (tertiary/aromatic N) is 1. The second-order valence-corrected chi connectivity index (χ2v) is 3.14. The van der Waals surface area contributed by atoms with Crippen molar-refractivity contribution in [2.24, 2.45) is 0 Å². The lowest BCUT2D eigenvalue weighted by Gasteiger charge is -2.14. The van der Waals surface area contributed by atoms with E-state index in [0.717, 1.165) is 17.9 Å². The molecule has 0 spiro atoms. The van der Waals surface area contributed by atoms with Gasteiger partial charge >= 0.3 is 0 Å². The van der Waals surface area contributed by atoms with E-state index in [0.29, 0.717) is 0 Å². The van der Waals surface area contributed by atoms with E-state index in [1.807, 2.05) is 13.1 Å². The van der Waals surface area contributed by atoms with Gasteiger partial charge in [-0.2, -0.15) is 0 Å². The maximum absolute atomic E-state index is 4.41. The molecule has 0 radical (unpaired) electrons. The molecule has 0 unspecified atom stereocenters. The summed E-state index contributed by atoms with van der Waals surface area (Å²) in [6.07, 6.45) is 4.06. The molecule has 2 heterocycles. The van der Waals surface area contributed by atoms with Crippen molar-refractivity contribution in [3.63, 3.8) is 0 Å². The number of pyridine rings is 1. The van der Waals surface area contributed by atoms with Crippen LogP contribution in [-0.2, 0) is 6.54 Å². The predicted molar refractivity (Wildman–Crippen MR) is 49.6 cm³/mol. The highest BCUT2D eigenvalue weighted by Crippen LogP contribution is 2.17. The van der Waals surface area contributed by atoms with Crippen molar-refractivity contribution in [2.45, 2.75) is 20.4 Å². The summed E-state index contributed by atoms with van der Waals surface area (Å²) in [5.74, 6) is 0. The van der Waals surface area contributed by atoms with Crippen LogP contribution in [0.5, 0.6) is 0 Å². The molecule has 2 heteroatoms. The third-order valence-electron chi connectivity index (χ3n) is 2.12. The van der Waals surface area contributed by atoms with Crippen LogP contribution in [0.2, 0.25) is 0 Å². The standard InChI is InChI=1S/C10H12N2/c1-7-5-9-6-11-4-3-10(9)8(2)12-7/h3-5,11H,6H2,1-2H3. The van der Waals surface area contributed by atoms with Crippen molar-refractivity contribution in [3.05, 3.63) is 34.8 Å². The Kier molecular flexibility index (Phi) is 1.61. The smallest absolute Gasteiger partial charge is 0.0452 e. The SMILES string of the molecule is Cc1cc2c(c(C)n1)C=CNC2. The second kappa shape index (κ2) is 2.63. The van der Waals surface area contributed by atoms with Crippen molar-refractivity contribution in [2.75, 3.05) is 0 Å². The van der Waals surface area contributed by atoms with Crippen molar-refractivity contribution in [1.29, 1.82) is 0 Å². The largest absolute Gasteiger partial charge is 0.387 e. The molecule has 12 heavy (non-hydrogen) atoms. The van der Waals surface area contributed by atoms with Crippen LogP contribution in [0.4, 0.5) is 0 Å². The number of hydrogen-bond acceptors (Lipinski definition) is 2. The summed E-state index contributed by atoms with van der Waals surface area (Å²) in [6.45, 7) is 5.02. The number of hydrogen-bond donors (Lipinski definition) is 1. The normalized spacial score (nSPS) is 13.8. The lowest BCUT2D eigenvalue weighted by atomic mass is 10.0. The molecule has 0 atom stereocenters. The Morgan fingerprint density at radius 3 is 3.08 bits per heavy atom. The lowest BCUT2D eigenvalue weighted by molar-refractivity contribution is 0.847. The fraction of sp³-hybridized carbons (Fsp3) is 0.300. The second-order valence-electron chi connectivity index (χ2n) is 3.14. The average Bonchev–Trinajstić information content (AvgIpc) is 2.04. The number of aromatic nitrogens is 1. The molecule has 0 saturated heterocycles. The van der Waals surface area contributed by atoms with Gasteiger partial charge in [0.2, 0.25) is 0 Å². The first-order chi connectivity index (χ1) is 5.77. The fourth-order valence-electron chi connectivity index (χ4n) is 1.60. The van der Waals surface area contributed by atoms with Crippen LogP contribution in [0.3, 0.4) is 0 Å². The van der Waals surface area contributed by atoms with Gasteiger partial charge in [0, 0.05) is 23.5 Å². The van der Waals surface area contributed by atoms with E-state index in [2.05, 4.69) is 29.4 Å². The minimum absolute atomic E-state index is 0.927. The third-order valence-corrected chi connectivity index (χ3v) is 2.12. The van der Waals surface area contributed by atoms with Gasteiger partial charge in [-0.1, -0.05) is 0 Å². The van der Waals surface area contributed by atoms with Crippen LogP contribution in [-0.4, -0.2) is 4.98 Å². The molecule has 1 N–H and O–H groups in total. The van der Waals surface area contributed by atoms with Crippen molar-refractivity contribution in [1.82, 2.24) is 10.3 Å². The topological polar surface area (TPSA) is 24.9 Å². The van der Waals surface area contributed by atoms with Gasteiger partial charge in [-0.05, 0) is 37.8 Å². The fourth-order valence-corrected chi connectivity index (χ4v) is 1.60. The number of rotatable bonds is 0. The third kappa shape index (κ3) is 1.09. The van der Waals surface area contributed by atoms with Crippen molar-refractivity contribution < 1.29 is 0 Å². The first-order valence-electron chi connectivity index (χ1n) is 4.14. The van der Waals surface area contributed by atoms with E-state index in [4.69, 9.17) is 0 Å². The van der Waals surface area contributed by atoms with Crippen LogP contribution >= 0.6 is 0 Å². The Hall–Kier alpha value is -1.31. The number of fused-ring (bicyclic) bond motifs is 1. The molecule has 0 bridgehead atoms. The minimum atomic E-state index is 0.927. The van der Waals surface area contributed by atoms with Crippen LogP contribution < -0.4 is 5.32 Å². The van der Waals surface area contributed by atoms with Crippen molar-refractivity contribution in [3.8, 4) is 0 Å². The summed E-state index contributed by atoms with van der Waals surface area (Å²) < 4.78 is 0. The van der Waals surface area contributed by atoms with E-state index >= 15 is 0 Å². The Bertz CT molecular complexity index is 340. The molecule has 2 rings (SSSR count). The van der Waals surface area contributed by atoms with Crippen LogP contribution in [0.25, 0.3) is 6.08 Å². The van der Waals surface area contributed by atoms with Gasteiger partial charge in [0.1, 0.15) is 0 Å². The minimum Gasteiger partial charge on any atom is -0.387 e. The van der Waals surface area contributed by atoms with E-state index in [9.17, 15) is 0 Å². The molecule has 62 valence electrons. The average molecular weight is 160 g/mol. The maximum Gasteiger partial charge on any atom is 0.0452 e. The molecule has 1 aromatic heterocycles. The summed E-state index contributed by atoms with van der Waals surface area (Å²) in [6, 6.07) is 2.14. The zero-order valence-electron chi connectivity index (χ0n) is 7.39. The molecule has 1 aliphatic heterocycles. The quantitative estimate of drug-likeness (QED) is 0.625. The molecule has 0 fully saturated rings. The monoisotopic (exact) mass is 160 g/mol. The Morgan fingerprint density at radius 2 is 2.25 bits per heavy atom. The van der Waals surface area contributed by atoms with Crippen LogP contribution in [0.15, 0.2) is 12.3 Å². The summed E-state index contributed by atoms with van der Waals surface area (Å²) in [7, 11) is 0. The predicted octanol–water partition coefficient (Wildman–Crippen LogP) is 1.77. The molecule has 0 saturated carbocycles. The lowest BCUT2D eigenvalue weighted by Crippen LogP contribution is -2.12. The summed E-state index contributed by atoms with van der Waals surface area (Å²) >= 11 is 0. The van der Waals surface area contributed by atoms with Gasteiger partial charge < -0.3 is 5.32 Å². The van der Waals surface area contributed by atoms with Crippen LogP contribution in [0.1, 0.15) is 22.5 Å². The van der Waals surface area contributed by atoms with Crippen LogP contribution in [0, 0.1) is 13.8 Å². The van der Waals surface area contributed by atoms with E-state index in [1.54, 1.807) is 0 Å². The van der Waals surface area contributed by atoms with E-state index in [-0.39, 0.29) is 0 Å². The molecule has 1 aliphatic rings. The van der Waals surface area contributed by atoms with Gasteiger partial charge in [0.15, 0.2) is 0 Å². The Morgan fingerprint density at radius 1 is 1.42 bits per heavy atom. The Balaban J connectivity index is 2.62. The van der Waals surface area contributed by atoms with E-state index in [1.165, 1.54) is 11.1 Å². The molecular formula is C10H12N2. The van der Waals surface area contributed by atoms with Gasteiger partial charge in [0.25, 0.3) is 0 Å². The molecule has 0 amide bonds. The van der Waals surface area contributed by atoms with E-state index < -0.39 is 0 Å². The van der Waals surface area contributed by atoms with Gasteiger partial charge in [0.05, 0.1) is 0 Å². The maximum atomic E-state index is 4.41. The first kappa shape index (κ1) is 7.35. The highest BCUT2D eigenvalue weighted by Gasteiger charge is 2.07. The molecular weight excluding hydrogens is 148 g/mol. The summed E-state index contributed by atoms with van der Waals surface area (Å²) in [5.41, 5.74) is 4.85. The first-order valence-corrected chi connectivity index (χ1v) is 4.14. The number of nitrogens with one attached hydrogen (secondary N) is 1. The van der Waals surface area contributed by atoms with Crippen molar-refractivity contribution >= 4 is 6.08 Å². The zero-order chi connectivity index (χ0) is 8.55. The highest BCUT2D eigenvalue weighted by atomic mass is 14.8.